The molecule has 0 saturated heterocycles. The summed E-state index contributed by atoms with van der Waals surface area (Å²) in [5.41, 5.74) is 1.94. The van der Waals surface area contributed by atoms with Crippen molar-refractivity contribution in [1.29, 1.82) is 0 Å². The Kier molecular flexibility index (Phi) is 6.75. The van der Waals surface area contributed by atoms with Crippen LogP contribution in [0.4, 0.5) is 0 Å². The highest BCUT2D eigenvalue weighted by molar-refractivity contribution is 7.12. The Bertz CT molecular complexity index is 926. The topological polar surface area (TPSA) is 87.1 Å². The summed E-state index contributed by atoms with van der Waals surface area (Å²) in [5, 5.41) is 21.3. The summed E-state index contributed by atoms with van der Waals surface area (Å²) >= 11 is 1.27. The second-order valence-corrected chi connectivity index (χ2v) is 9.13. The highest BCUT2D eigenvalue weighted by atomic mass is 32.1. The first-order valence-corrected chi connectivity index (χ1v) is 10.7. The first kappa shape index (κ1) is 22.2. The minimum absolute atomic E-state index is 0.0323. The van der Waals surface area contributed by atoms with Crippen LogP contribution in [-0.4, -0.2) is 53.2 Å². The van der Waals surface area contributed by atoms with Gasteiger partial charge in [0.1, 0.15) is 0 Å². The van der Waals surface area contributed by atoms with Crippen LogP contribution in [0.25, 0.3) is 0 Å². The molecule has 0 aliphatic carbocycles. The highest BCUT2D eigenvalue weighted by Crippen LogP contribution is 2.39. The Hall–Kier alpha value is -2.48. The van der Waals surface area contributed by atoms with Crippen molar-refractivity contribution in [2.75, 3.05) is 26.4 Å². The quantitative estimate of drug-likeness (QED) is 0.494. The summed E-state index contributed by atoms with van der Waals surface area (Å²) in [6, 6.07) is 10.5. The van der Waals surface area contributed by atoms with Gasteiger partial charge in [0.05, 0.1) is 36.3 Å². The van der Waals surface area contributed by atoms with Gasteiger partial charge in [0.2, 0.25) is 5.78 Å². The summed E-state index contributed by atoms with van der Waals surface area (Å²) in [6.07, 6.45) is 0. The Morgan fingerprint density at radius 1 is 1.17 bits per heavy atom. The van der Waals surface area contributed by atoms with Gasteiger partial charge in [-0.25, -0.2) is 0 Å². The summed E-state index contributed by atoms with van der Waals surface area (Å²) < 4.78 is 5.32. The molecular formula is C23H27NO5S. The summed E-state index contributed by atoms with van der Waals surface area (Å²) in [7, 11) is 0. The smallest absolute Gasteiger partial charge is 0.290 e. The number of carbonyl (C=O) groups is 2. The van der Waals surface area contributed by atoms with E-state index in [1.54, 1.807) is 17.5 Å². The molecule has 1 aliphatic rings. The molecule has 6 nitrogen and oxygen atoms in total. The molecule has 0 radical (unpaired) electrons. The number of benzene rings is 1. The number of carbonyl (C=O) groups excluding carboxylic acids is 2. The fourth-order valence-electron chi connectivity index (χ4n) is 3.50. The van der Waals surface area contributed by atoms with E-state index in [2.05, 4.69) is 20.8 Å². The molecule has 1 aromatic heterocycles. The van der Waals surface area contributed by atoms with E-state index in [-0.39, 0.29) is 43.1 Å². The summed E-state index contributed by atoms with van der Waals surface area (Å²) in [5.74, 6) is -1.45. The SMILES string of the molecule is CC(C)(C)c1ccc([C@@H]2C(C(=O)c3cccs3)=C(O)C(=O)N2CCOCCO)cc1. The molecule has 0 bridgehead atoms. The van der Waals surface area contributed by atoms with Crippen molar-refractivity contribution >= 4 is 23.0 Å². The molecule has 1 amide bonds. The molecule has 1 aromatic carbocycles. The number of hydrogen-bond acceptors (Lipinski definition) is 6. The van der Waals surface area contributed by atoms with E-state index < -0.39 is 17.7 Å². The van der Waals surface area contributed by atoms with Crippen LogP contribution in [0.3, 0.4) is 0 Å². The van der Waals surface area contributed by atoms with Gasteiger partial charge in [0.25, 0.3) is 5.91 Å². The van der Waals surface area contributed by atoms with E-state index >= 15 is 0 Å². The van der Waals surface area contributed by atoms with E-state index in [0.29, 0.717) is 4.88 Å². The van der Waals surface area contributed by atoms with Crippen LogP contribution in [0.5, 0.6) is 0 Å². The van der Waals surface area contributed by atoms with Crippen molar-refractivity contribution in [2.45, 2.75) is 32.2 Å². The molecule has 2 N–H and O–H groups in total. The predicted octanol–water partition coefficient (Wildman–Crippen LogP) is 3.63. The molecule has 30 heavy (non-hydrogen) atoms. The van der Waals surface area contributed by atoms with Gasteiger partial charge in [0, 0.05) is 6.54 Å². The van der Waals surface area contributed by atoms with Gasteiger partial charge in [-0.15, -0.1) is 11.3 Å². The average molecular weight is 430 g/mol. The van der Waals surface area contributed by atoms with Gasteiger partial charge >= 0.3 is 0 Å². The average Bonchev–Trinajstić information content (AvgIpc) is 3.33. The van der Waals surface area contributed by atoms with Gasteiger partial charge < -0.3 is 19.8 Å². The van der Waals surface area contributed by atoms with Crippen molar-refractivity contribution in [3.8, 4) is 0 Å². The number of ether oxygens (including phenoxy) is 1. The van der Waals surface area contributed by atoms with E-state index in [1.807, 2.05) is 24.3 Å². The molecule has 0 spiro atoms. The molecular weight excluding hydrogens is 402 g/mol. The fourth-order valence-corrected chi connectivity index (χ4v) is 4.18. The van der Waals surface area contributed by atoms with Gasteiger partial charge in [0.15, 0.2) is 5.76 Å². The van der Waals surface area contributed by atoms with Crippen LogP contribution in [0.15, 0.2) is 53.1 Å². The van der Waals surface area contributed by atoms with Crippen molar-refractivity contribution in [1.82, 2.24) is 4.90 Å². The number of hydrogen-bond donors (Lipinski definition) is 2. The minimum Gasteiger partial charge on any atom is -0.503 e. The fraction of sp³-hybridized carbons (Fsp3) is 0.391. The first-order chi connectivity index (χ1) is 14.3. The zero-order valence-electron chi connectivity index (χ0n) is 17.4. The Labute approximate surface area is 180 Å². The molecule has 7 heteroatoms. The Balaban J connectivity index is 1.98. The predicted molar refractivity (Wildman–Crippen MR) is 116 cm³/mol. The van der Waals surface area contributed by atoms with Gasteiger partial charge in [-0.2, -0.15) is 0 Å². The van der Waals surface area contributed by atoms with Gasteiger partial charge in [-0.3, -0.25) is 9.59 Å². The molecule has 2 heterocycles. The second-order valence-electron chi connectivity index (χ2n) is 8.18. The molecule has 1 atom stereocenters. The third-order valence-electron chi connectivity index (χ3n) is 5.10. The Morgan fingerprint density at radius 3 is 2.43 bits per heavy atom. The molecule has 0 unspecified atom stereocenters. The highest BCUT2D eigenvalue weighted by Gasteiger charge is 2.43. The van der Waals surface area contributed by atoms with Crippen molar-refractivity contribution in [2.24, 2.45) is 0 Å². The number of ketones is 1. The number of thiophene rings is 1. The number of rotatable bonds is 8. The summed E-state index contributed by atoms with van der Waals surface area (Å²) in [4.78, 5) is 27.9. The Morgan fingerprint density at radius 2 is 1.87 bits per heavy atom. The largest absolute Gasteiger partial charge is 0.503 e. The van der Waals surface area contributed by atoms with Crippen LogP contribution in [0.2, 0.25) is 0 Å². The molecule has 1 aliphatic heterocycles. The van der Waals surface area contributed by atoms with E-state index in [1.165, 1.54) is 16.2 Å². The van der Waals surface area contributed by atoms with E-state index in [9.17, 15) is 14.7 Å². The molecule has 160 valence electrons. The minimum atomic E-state index is -0.696. The lowest BCUT2D eigenvalue weighted by atomic mass is 9.85. The molecule has 0 fully saturated rings. The molecule has 3 rings (SSSR count). The van der Waals surface area contributed by atoms with Crippen LogP contribution >= 0.6 is 11.3 Å². The maximum atomic E-state index is 13.1. The monoisotopic (exact) mass is 429 g/mol. The third-order valence-corrected chi connectivity index (χ3v) is 5.97. The number of Topliss-reactive ketones (excluding diaryl/α,β-unsaturated/α-hetero) is 1. The maximum absolute atomic E-state index is 13.1. The third kappa shape index (κ3) is 4.48. The lowest BCUT2D eigenvalue weighted by Crippen LogP contribution is -2.34. The number of aliphatic hydroxyl groups is 2. The van der Waals surface area contributed by atoms with Crippen molar-refractivity contribution in [3.63, 3.8) is 0 Å². The standard InChI is InChI=1S/C23H27NO5S/c1-23(2,3)16-8-6-15(7-9-16)19-18(20(26)17-5-4-14-30-17)21(27)22(28)24(19)10-12-29-13-11-25/h4-9,14,19,25,27H,10-13H2,1-3H3/t19-/m1/s1. The number of amides is 1. The second kappa shape index (κ2) is 9.12. The number of nitrogens with zero attached hydrogens (tertiary/aromatic N) is 1. The molecule has 0 saturated carbocycles. The lowest BCUT2D eigenvalue weighted by molar-refractivity contribution is -0.130. The van der Waals surface area contributed by atoms with Gasteiger partial charge in [-0.05, 0) is 28.0 Å². The normalized spacial score (nSPS) is 17.1. The zero-order chi connectivity index (χ0) is 21.9. The van der Waals surface area contributed by atoms with E-state index in [4.69, 9.17) is 9.84 Å². The molecule has 2 aromatic rings. The first-order valence-electron chi connectivity index (χ1n) is 9.87. The zero-order valence-corrected chi connectivity index (χ0v) is 18.2. The van der Waals surface area contributed by atoms with Gasteiger partial charge in [-0.1, -0.05) is 51.1 Å². The van der Waals surface area contributed by atoms with Crippen LogP contribution in [0, 0.1) is 0 Å². The maximum Gasteiger partial charge on any atom is 0.290 e. The van der Waals surface area contributed by atoms with Crippen LogP contribution in [0.1, 0.15) is 47.6 Å². The number of aliphatic hydroxyl groups excluding tert-OH is 2. The summed E-state index contributed by atoms with van der Waals surface area (Å²) in [6.45, 7) is 6.77. The van der Waals surface area contributed by atoms with Crippen molar-refractivity contribution < 1.29 is 24.5 Å². The van der Waals surface area contributed by atoms with Crippen LogP contribution in [-0.2, 0) is 14.9 Å². The van der Waals surface area contributed by atoms with Crippen molar-refractivity contribution in [3.05, 3.63) is 69.1 Å². The lowest BCUT2D eigenvalue weighted by Gasteiger charge is -2.27. The van der Waals surface area contributed by atoms with E-state index in [0.717, 1.165) is 11.1 Å². The van der Waals surface area contributed by atoms with Crippen LogP contribution < -0.4 is 0 Å².